The predicted molar refractivity (Wildman–Crippen MR) is 231 cm³/mol. The number of ether oxygens (including phenoxy) is 2. The lowest BCUT2D eigenvalue weighted by Crippen LogP contribution is -2.41. The number of unbranched alkanes of at least 4 members (excludes halogenated alkanes) is 10. The molecule has 1 aromatic heterocycles. The predicted octanol–water partition coefficient (Wildman–Crippen LogP) is 12.6. The Bertz CT molecular complexity index is 1830. The first-order valence-electron chi connectivity index (χ1n) is 20.7. The van der Waals surface area contributed by atoms with E-state index in [2.05, 4.69) is 131 Å². The van der Waals surface area contributed by atoms with Crippen LogP contribution in [0.15, 0.2) is 84.9 Å². The standard InChI is InChI=1S/C46H60BN3O4S/c1-7-9-11-13-15-17-33-51-39-27-23-37(24-28-39)50(38-25-29-40(30-26-38)52-34-18-16-14-12-10-8-2)36-21-19-35(20-22-36)41-31-32-42(44-43(41)48-55-49-44)47-53-45(3,4)46(5,6)54-47/h19-32H,7-18,33-34H2,1-6H3. The SMILES string of the molecule is CCCCCCCCOc1ccc(N(c2ccc(OCCCCCCCC)cc2)c2ccc(-c3ccc(B4OC(C)(C)C(C)(C)O4)c4nsnc34)cc2)cc1. The Morgan fingerprint density at radius 3 is 1.47 bits per heavy atom. The van der Waals surface area contributed by atoms with Crippen LogP contribution < -0.4 is 19.8 Å². The van der Waals surface area contributed by atoms with Gasteiger partial charge in [-0.15, -0.1) is 0 Å². The number of hydrogen-bond acceptors (Lipinski definition) is 8. The van der Waals surface area contributed by atoms with Gasteiger partial charge >= 0.3 is 7.12 Å². The summed E-state index contributed by atoms with van der Waals surface area (Å²) in [6.07, 6.45) is 15.0. The molecule has 0 N–H and O–H groups in total. The summed E-state index contributed by atoms with van der Waals surface area (Å²) in [4.78, 5) is 2.28. The van der Waals surface area contributed by atoms with Crippen molar-refractivity contribution in [2.24, 2.45) is 0 Å². The first kappa shape index (κ1) is 40.7. The van der Waals surface area contributed by atoms with Crippen molar-refractivity contribution in [2.75, 3.05) is 18.1 Å². The van der Waals surface area contributed by atoms with Crippen LogP contribution in [0.25, 0.3) is 22.2 Å². The maximum absolute atomic E-state index is 6.39. The van der Waals surface area contributed by atoms with Gasteiger partial charge < -0.3 is 23.7 Å². The van der Waals surface area contributed by atoms with Crippen LogP contribution in [0.1, 0.15) is 119 Å². The molecule has 55 heavy (non-hydrogen) atoms. The molecule has 7 nitrogen and oxygen atoms in total. The molecule has 0 bridgehead atoms. The van der Waals surface area contributed by atoms with E-state index in [0.717, 1.165) is 82.2 Å². The summed E-state index contributed by atoms with van der Waals surface area (Å²) in [6, 6.07) is 29.8. The first-order valence-corrected chi connectivity index (χ1v) is 21.4. The molecule has 0 spiro atoms. The van der Waals surface area contributed by atoms with Crippen molar-refractivity contribution in [3.63, 3.8) is 0 Å². The number of hydrogen-bond donors (Lipinski definition) is 0. The third-order valence-electron chi connectivity index (χ3n) is 11.1. The Hall–Kier alpha value is -3.92. The van der Waals surface area contributed by atoms with E-state index in [1.165, 1.54) is 75.9 Å². The Morgan fingerprint density at radius 1 is 0.545 bits per heavy atom. The van der Waals surface area contributed by atoms with Gasteiger partial charge in [0.05, 0.1) is 36.1 Å². The van der Waals surface area contributed by atoms with E-state index >= 15 is 0 Å². The van der Waals surface area contributed by atoms with Crippen LogP contribution in [0.2, 0.25) is 0 Å². The zero-order chi connectivity index (χ0) is 38.7. The molecule has 1 saturated heterocycles. The van der Waals surface area contributed by atoms with Crippen LogP contribution in [0.3, 0.4) is 0 Å². The van der Waals surface area contributed by atoms with E-state index in [-0.39, 0.29) is 0 Å². The lowest BCUT2D eigenvalue weighted by atomic mass is 9.77. The van der Waals surface area contributed by atoms with Crippen molar-refractivity contribution >= 4 is 52.4 Å². The zero-order valence-electron chi connectivity index (χ0n) is 33.9. The fourth-order valence-electron chi connectivity index (χ4n) is 7.04. The molecule has 9 heteroatoms. The molecular weight excluding hydrogens is 701 g/mol. The van der Waals surface area contributed by atoms with E-state index in [1.54, 1.807) is 0 Å². The number of aromatic nitrogens is 2. The molecule has 292 valence electrons. The smallest absolute Gasteiger partial charge is 0.494 e. The Labute approximate surface area is 334 Å². The summed E-state index contributed by atoms with van der Waals surface area (Å²) in [7, 11) is -0.499. The second-order valence-electron chi connectivity index (χ2n) is 15.9. The number of fused-ring (bicyclic) bond motifs is 1. The summed E-state index contributed by atoms with van der Waals surface area (Å²) in [6.45, 7) is 14.3. The maximum Gasteiger partial charge on any atom is 0.497 e. The van der Waals surface area contributed by atoms with Gasteiger partial charge in [-0.05, 0) is 107 Å². The molecule has 1 fully saturated rings. The Morgan fingerprint density at radius 2 is 0.982 bits per heavy atom. The second-order valence-corrected chi connectivity index (χ2v) is 16.4. The summed E-state index contributed by atoms with van der Waals surface area (Å²) in [5, 5.41) is 0. The molecule has 4 aromatic carbocycles. The lowest BCUT2D eigenvalue weighted by molar-refractivity contribution is 0.00578. The minimum Gasteiger partial charge on any atom is -0.494 e. The van der Waals surface area contributed by atoms with Gasteiger partial charge in [-0.1, -0.05) is 102 Å². The van der Waals surface area contributed by atoms with Crippen LogP contribution in [0, 0.1) is 0 Å². The van der Waals surface area contributed by atoms with Gasteiger partial charge in [0.25, 0.3) is 0 Å². The van der Waals surface area contributed by atoms with E-state index in [0.29, 0.717) is 0 Å². The van der Waals surface area contributed by atoms with Crippen LogP contribution in [0.4, 0.5) is 17.1 Å². The molecule has 0 aliphatic carbocycles. The highest BCUT2D eigenvalue weighted by Gasteiger charge is 2.52. The first-order chi connectivity index (χ1) is 26.7. The number of anilines is 3. The lowest BCUT2D eigenvalue weighted by Gasteiger charge is -2.32. The number of benzene rings is 4. The highest BCUT2D eigenvalue weighted by atomic mass is 32.1. The third kappa shape index (κ3) is 10.3. The largest absolute Gasteiger partial charge is 0.497 e. The average Bonchev–Trinajstić information content (AvgIpc) is 3.76. The maximum atomic E-state index is 6.39. The molecular formula is C46H60BN3O4S. The molecule has 5 aromatic rings. The molecule has 0 amide bonds. The van der Waals surface area contributed by atoms with Gasteiger partial charge in [0.15, 0.2) is 0 Å². The average molecular weight is 762 g/mol. The van der Waals surface area contributed by atoms with Crippen molar-refractivity contribution in [3.8, 4) is 22.6 Å². The zero-order valence-corrected chi connectivity index (χ0v) is 34.8. The van der Waals surface area contributed by atoms with Crippen LogP contribution >= 0.6 is 11.7 Å². The monoisotopic (exact) mass is 761 g/mol. The normalized spacial score (nSPS) is 14.8. The fourth-order valence-corrected chi connectivity index (χ4v) is 7.62. The number of nitrogens with zero attached hydrogens (tertiary/aromatic N) is 3. The summed E-state index contributed by atoms with van der Waals surface area (Å²) in [5.41, 5.74) is 6.97. The topological polar surface area (TPSA) is 65.9 Å². The summed E-state index contributed by atoms with van der Waals surface area (Å²) >= 11 is 1.22. The van der Waals surface area contributed by atoms with Crippen LogP contribution in [-0.4, -0.2) is 40.3 Å². The second kappa shape index (κ2) is 19.3. The quantitative estimate of drug-likeness (QED) is 0.0545. The third-order valence-corrected chi connectivity index (χ3v) is 11.6. The van der Waals surface area contributed by atoms with E-state index in [4.69, 9.17) is 27.5 Å². The van der Waals surface area contributed by atoms with Crippen molar-refractivity contribution in [1.82, 2.24) is 8.75 Å². The molecule has 0 unspecified atom stereocenters. The van der Waals surface area contributed by atoms with Gasteiger partial charge in [0, 0.05) is 28.1 Å². The van der Waals surface area contributed by atoms with Crippen LogP contribution in [-0.2, 0) is 9.31 Å². The van der Waals surface area contributed by atoms with Gasteiger partial charge in [-0.25, -0.2) is 0 Å². The molecule has 1 aliphatic rings. The molecule has 1 aliphatic heterocycles. The highest BCUT2D eigenvalue weighted by molar-refractivity contribution is 7.00. The highest BCUT2D eigenvalue weighted by Crippen LogP contribution is 2.40. The van der Waals surface area contributed by atoms with E-state index in [9.17, 15) is 0 Å². The van der Waals surface area contributed by atoms with Crippen LogP contribution in [0.5, 0.6) is 11.5 Å². The Balaban J connectivity index is 1.20. The van der Waals surface area contributed by atoms with Crippen molar-refractivity contribution < 1.29 is 18.8 Å². The van der Waals surface area contributed by atoms with E-state index < -0.39 is 18.3 Å². The number of rotatable bonds is 21. The van der Waals surface area contributed by atoms with Gasteiger partial charge in [0.1, 0.15) is 22.5 Å². The summed E-state index contributed by atoms with van der Waals surface area (Å²) < 4.78 is 34.5. The van der Waals surface area contributed by atoms with E-state index in [1.807, 2.05) is 0 Å². The molecule has 0 saturated carbocycles. The van der Waals surface area contributed by atoms with Crippen molar-refractivity contribution in [3.05, 3.63) is 84.9 Å². The van der Waals surface area contributed by atoms with Gasteiger partial charge in [-0.2, -0.15) is 8.75 Å². The molecule has 0 radical (unpaired) electrons. The van der Waals surface area contributed by atoms with Gasteiger partial charge in [0.2, 0.25) is 0 Å². The molecule has 6 rings (SSSR count). The molecule has 2 heterocycles. The summed E-state index contributed by atoms with van der Waals surface area (Å²) in [5.74, 6) is 1.80. The van der Waals surface area contributed by atoms with Gasteiger partial charge in [-0.3, -0.25) is 0 Å². The minimum absolute atomic E-state index is 0.435. The van der Waals surface area contributed by atoms with Crippen molar-refractivity contribution in [1.29, 1.82) is 0 Å². The minimum atomic E-state index is -0.499. The molecule has 0 atom stereocenters. The fraction of sp³-hybridized carbons (Fsp3) is 0.478. The Kier molecular flexibility index (Phi) is 14.3. The van der Waals surface area contributed by atoms with Crippen molar-refractivity contribution in [2.45, 2.75) is 130 Å².